The van der Waals surface area contributed by atoms with E-state index in [-0.39, 0.29) is 56.8 Å². The van der Waals surface area contributed by atoms with Crippen molar-refractivity contribution in [2.45, 2.75) is 281 Å². The van der Waals surface area contributed by atoms with E-state index in [0.717, 1.165) is 6.08 Å². The van der Waals surface area contributed by atoms with Gasteiger partial charge in [0, 0.05) is 24.5 Å². The first-order valence-corrected chi connectivity index (χ1v) is 32.0. The van der Waals surface area contributed by atoms with Gasteiger partial charge < -0.3 is 144 Å². The Bertz CT molecular complexity index is 2490. The Morgan fingerprint density at radius 2 is 0.968 bits per heavy atom. The molecule has 0 spiro atoms. The number of hydrogen-bond donors (Lipinski definition) is 17. The maximum absolute atomic E-state index is 12.8. The number of esters is 3. The zero-order valence-electron chi connectivity index (χ0n) is 51.1. The molecule has 0 aromatic carbocycles. The molecule has 0 aromatic rings. The van der Waals surface area contributed by atoms with Gasteiger partial charge in [0.05, 0.1) is 73.8 Å². The van der Waals surface area contributed by atoms with E-state index in [2.05, 4.69) is 0 Å². The molecule has 9 rings (SSSR count). The molecule has 0 amide bonds. The van der Waals surface area contributed by atoms with Crippen LogP contribution >= 0.6 is 0 Å². The monoisotopic (exact) mass is 1340 g/mol. The van der Waals surface area contributed by atoms with Crippen molar-refractivity contribution in [2.24, 2.45) is 23.7 Å². The van der Waals surface area contributed by atoms with Crippen LogP contribution in [0.5, 0.6) is 0 Å². The molecule has 5 aliphatic heterocycles. The van der Waals surface area contributed by atoms with Gasteiger partial charge in [0.1, 0.15) is 105 Å². The first-order chi connectivity index (χ1) is 44.1. The molecule has 93 heavy (non-hydrogen) atoms. The Hall–Kier alpha value is -3.64. The lowest BCUT2D eigenvalue weighted by molar-refractivity contribution is -0.352. The zero-order chi connectivity index (χ0) is 67.3. The third-order valence-corrected chi connectivity index (χ3v) is 19.5. The van der Waals surface area contributed by atoms with Crippen molar-refractivity contribution < 1.29 is 163 Å². The summed E-state index contributed by atoms with van der Waals surface area (Å²) in [5.74, 6) is -6.18. The second-order valence-corrected chi connectivity index (χ2v) is 26.2. The van der Waals surface area contributed by atoms with Crippen LogP contribution in [0.4, 0.5) is 0 Å². The van der Waals surface area contributed by atoms with E-state index >= 15 is 0 Å². The topological polar surface area (TPSA) is 523 Å². The number of allylic oxidation sites excluding steroid dienone is 2. The average molecular weight is 1340 g/mol. The molecule has 0 aromatic heterocycles. The van der Waals surface area contributed by atoms with Crippen LogP contribution in [0.15, 0.2) is 24.3 Å². The summed E-state index contributed by atoms with van der Waals surface area (Å²) < 4.78 is 71.1. The van der Waals surface area contributed by atoms with E-state index in [9.17, 15) is 101 Å². The standard InChI is InChI=1S/C60H92O33/c1-23-55(93-42(69)13-5-24-2-8-27(61)9-3-24)50(77)54(81)57(85-23)84-22-39-46(73)49(76)53(80)60(92-39)89-36-18-29-33(16-28(62)17-34(29)87-58-51(78)47(74)45(72)38(90-58)21-83-43(70)19-40(66)67)86-56(36)26-7-11-31(64)35(15-26)88-59-52(79)48(75)44(71)37(91-59)20-82-41(68)12-6-25-4-10-30(63)32(65)14-25/h5-6,12-13,23-39,44-65,71-81H,2-4,7-11,14-22H2,1H3,(H,66,67)/t23-,24?,25?,26?,27?,28?,29?,30?,31?,32?,33?,34?,35?,36?,37+,38+,39+,44+,45+,46+,47-,48-,49-,50-,51+,52+,53+,54+,55-,56?,57+,58+,59+,60+/m0/s1. The first kappa shape index (κ1) is 73.6. The lowest BCUT2D eigenvalue weighted by Gasteiger charge is -2.53. The highest BCUT2D eigenvalue weighted by atomic mass is 16.8. The van der Waals surface area contributed by atoms with Crippen LogP contribution in [0, 0.1) is 23.7 Å². The second-order valence-electron chi connectivity index (χ2n) is 26.2. The van der Waals surface area contributed by atoms with Crippen LogP contribution in [-0.4, -0.2) is 314 Å². The number of carbonyl (C=O) groups excluding carboxylic acids is 3. The molecular weight excluding hydrogens is 1250 g/mol. The van der Waals surface area contributed by atoms with Gasteiger partial charge in [-0.2, -0.15) is 0 Å². The molecule has 0 bridgehead atoms. The van der Waals surface area contributed by atoms with Crippen LogP contribution in [-0.2, 0) is 76.0 Å². The summed E-state index contributed by atoms with van der Waals surface area (Å²) >= 11 is 0. The normalized spacial score (nSPS) is 47.5. The smallest absolute Gasteiger partial charge is 0.330 e. The molecule has 12 unspecified atom stereocenters. The molecule has 5 heterocycles. The highest BCUT2D eigenvalue weighted by Gasteiger charge is 2.56. The van der Waals surface area contributed by atoms with E-state index in [1.165, 1.54) is 19.1 Å². The molecule has 9 fully saturated rings. The Balaban J connectivity index is 0.900. The van der Waals surface area contributed by atoms with Gasteiger partial charge in [0.2, 0.25) is 0 Å². The van der Waals surface area contributed by atoms with Crippen LogP contribution < -0.4 is 0 Å². The number of aliphatic hydroxyl groups is 16. The SMILES string of the molecule is C[C@@H]1O[C@@H](OC[C@H]2O[C@@H](OC3CC4C(CC(O)CC4O[C@@H]4O[C@H](COC(=O)CC(=O)O)[C@@H](O)[C@H](O)[C@H]4O)OC3C3CCC(O)C(O[C@@H]4O[C@H](COC(=O)C=CC5CCC(O)C(O)C5)[C@@H](O)[C@H](O)[C@H]4O)C3)[C@H](O)[C@@H](O)[C@@H]2O)[C@H](O)[C@H](O)[C@H]1OC(=O)C=CC1CCC(O)CC1. The quantitative estimate of drug-likeness (QED) is 0.0220. The lowest BCUT2D eigenvalue weighted by atomic mass is 9.72. The minimum atomic E-state index is -2.01. The summed E-state index contributed by atoms with van der Waals surface area (Å²) in [6.07, 6.45) is -37.8. The fourth-order valence-electron chi connectivity index (χ4n) is 14.0. The number of aliphatic hydroxyl groups excluding tert-OH is 16. The largest absolute Gasteiger partial charge is 0.481 e. The van der Waals surface area contributed by atoms with Crippen LogP contribution in [0.2, 0.25) is 0 Å². The van der Waals surface area contributed by atoms with Crippen molar-refractivity contribution in [3.63, 3.8) is 0 Å². The summed E-state index contributed by atoms with van der Waals surface area (Å²) in [6, 6.07) is 0. The number of rotatable bonds is 21. The summed E-state index contributed by atoms with van der Waals surface area (Å²) in [5.41, 5.74) is 0. The van der Waals surface area contributed by atoms with Crippen LogP contribution in [0.25, 0.3) is 0 Å². The van der Waals surface area contributed by atoms with Crippen molar-refractivity contribution in [1.29, 1.82) is 0 Å². The maximum atomic E-state index is 12.8. The van der Waals surface area contributed by atoms with E-state index in [0.29, 0.717) is 38.5 Å². The predicted octanol–water partition coefficient (Wildman–Crippen LogP) is -6.20. The third-order valence-electron chi connectivity index (χ3n) is 19.5. The van der Waals surface area contributed by atoms with Crippen molar-refractivity contribution in [3.05, 3.63) is 24.3 Å². The highest BCUT2D eigenvalue weighted by Crippen LogP contribution is 2.46. The molecule has 32 atom stereocenters. The molecule has 9 aliphatic rings. The Morgan fingerprint density at radius 3 is 1.57 bits per heavy atom. The van der Waals surface area contributed by atoms with Crippen LogP contribution in [0.3, 0.4) is 0 Å². The zero-order valence-corrected chi connectivity index (χ0v) is 51.1. The van der Waals surface area contributed by atoms with Crippen molar-refractivity contribution >= 4 is 23.9 Å². The molecule has 17 N–H and O–H groups in total. The molecule has 33 heteroatoms. The van der Waals surface area contributed by atoms with Gasteiger partial charge in [0.25, 0.3) is 0 Å². The maximum Gasteiger partial charge on any atom is 0.330 e. The van der Waals surface area contributed by atoms with E-state index < -0.39 is 246 Å². The van der Waals surface area contributed by atoms with Gasteiger partial charge in [-0.3, -0.25) is 9.59 Å². The van der Waals surface area contributed by atoms with Gasteiger partial charge >= 0.3 is 23.9 Å². The first-order valence-electron chi connectivity index (χ1n) is 32.0. The number of aliphatic carboxylic acids is 1. The molecule has 530 valence electrons. The fraction of sp³-hybridized carbons (Fsp3) is 0.867. The summed E-state index contributed by atoms with van der Waals surface area (Å²) in [6.45, 7) is -0.661. The van der Waals surface area contributed by atoms with Gasteiger partial charge in [-0.05, 0) is 102 Å². The fourth-order valence-corrected chi connectivity index (χ4v) is 14.0. The number of carbonyl (C=O) groups is 4. The summed E-state index contributed by atoms with van der Waals surface area (Å²) in [7, 11) is 0. The van der Waals surface area contributed by atoms with Gasteiger partial charge in [0.15, 0.2) is 31.3 Å². The Kier molecular flexibility index (Phi) is 26.0. The van der Waals surface area contributed by atoms with E-state index in [1.807, 2.05) is 0 Å². The van der Waals surface area contributed by atoms with Crippen molar-refractivity contribution in [3.8, 4) is 0 Å². The number of fused-ring (bicyclic) bond motifs is 1. The minimum Gasteiger partial charge on any atom is -0.481 e. The molecule has 5 saturated heterocycles. The average Bonchev–Trinajstić information content (AvgIpc) is 0.854. The number of ether oxygens (including phenoxy) is 12. The Morgan fingerprint density at radius 1 is 0.441 bits per heavy atom. The number of carboxylic acid groups (broad SMARTS) is 1. The van der Waals surface area contributed by atoms with Gasteiger partial charge in [-0.1, -0.05) is 12.2 Å². The molecular formula is C60H92O33. The van der Waals surface area contributed by atoms with Crippen molar-refractivity contribution in [1.82, 2.24) is 0 Å². The van der Waals surface area contributed by atoms with Crippen LogP contribution in [0.1, 0.15) is 96.8 Å². The summed E-state index contributed by atoms with van der Waals surface area (Å²) in [4.78, 5) is 48.8. The molecule has 4 saturated carbocycles. The Labute approximate surface area is 533 Å². The minimum absolute atomic E-state index is 0.0110. The van der Waals surface area contributed by atoms with E-state index in [1.54, 1.807) is 6.08 Å². The van der Waals surface area contributed by atoms with Crippen molar-refractivity contribution in [2.75, 3.05) is 19.8 Å². The van der Waals surface area contributed by atoms with Gasteiger partial charge in [-0.25, -0.2) is 9.59 Å². The van der Waals surface area contributed by atoms with Gasteiger partial charge in [-0.15, -0.1) is 0 Å². The molecule has 0 radical (unpaired) electrons. The highest BCUT2D eigenvalue weighted by molar-refractivity contribution is 5.90. The number of hydrogen-bond acceptors (Lipinski definition) is 32. The predicted molar refractivity (Wildman–Crippen MR) is 302 cm³/mol. The van der Waals surface area contributed by atoms with E-state index in [4.69, 9.17) is 61.9 Å². The third kappa shape index (κ3) is 18.4. The lowest BCUT2D eigenvalue weighted by Crippen LogP contribution is -2.64. The number of carboxylic acids is 1. The molecule has 4 aliphatic carbocycles. The second kappa shape index (κ2) is 32.8. The molecule has 33 nitrogen and oxygen atoms in total. The summed E-state index contributed by atoms with van der Waals surface area (Å²) in [5, 5.41) is 184.